The van der Waals surface area contributed by atoms with Gasteiger partial charge in [-0.1, -0.05) is 38.1 Å². The Morgan fingerprint density at radius 1 is 1.24 bits per heavy atom. The molecule has 2 aromatic rings. The molecule has 17 heavy (non-hydrogen) atoms. The van der Waals surface area contributed by atoms with Crippen molar-refractivity contribution >= 4 is 10.9 Å². The highest BCUT2D eigenvalue weighted by Gasteiger charge is 2.13. The van der Waals surface area contributed by atoms with Crippen LogP contribution >= 0.6 is 0 Å². The summed E-state index contributed by atoms with van der Waals surface area (Å²) in [7, 11) is 0. The normalized spacial score (nSPS) is 13.2. The Balaban J connectivity index is 2.46. The van der Waals surface area contributed by atoms with Crippen molar-refractivity contribution in [1.29, 1.82) is 0 Å². The van der Waals surface area contributed by atoms with Crippen molar-refractivity contribution in [2.45, 2.75) is 25.9 Å². The van der Waals surface area contributed by atoms with Crippen molar-refractivity contribution in [3.8, 4) is 0 Å². The van der Waals surface area contributed by atoms with Gasteiger partial charge < -0.3 is 11.1 Å². The van der Waals surface area contributed by atoms with Crippen molar-refractivity contribution in [3.63, 3.8) is 0 Å². The van der Waals surface area contributed by atoms with E-state index in [2.05, 4.69) is 48.4 Å². The van der Waals surface area contributed by atoms with Crippen molar-refractivity contribution in [3.05, 3.63) is 42.1 Å². The van der Waals surface area contributed by atoms with Crippen LogP contribution in [0.4, 0.5) is 0 Å². The van der Waals surface area contributed by atoms with Gasteiger partial charge in [-0.05, 0) is 11.6 Å². The van der Waals surface area contributed by atoms with Crippen molar-refractivity contribution in [2.75, 3.05) is 6.54 Å². The zero-order valence-electron chi connectivity index (χ0n) is 10.4. The Bertz CT molecular complexity index is 488. The number of rotatable bonds is 4. The van der Waals surface area contributed by atoms with Crippen LogP contribution in [0.1, 0.15) is 25.5 Å². The fourth-order valence-corrected chi connectivity index (χ4v) is 2.10. The fourth-order valence-electron chi connectivity index (χ4n) is 2.10. The van der Waals surface area contributed by atoms with Crippen LogP contribution in [0, 0.1) is 0 Å². The number of fused-ring (bicyclic) bond motifs is 1. The van der Waals surface area contributed by atoms with Gasteiger partial charge in [0.1, 0.15) is 0 Å². The molecule has 1 heterocycles. The maximum absolute atomic E-state index is 5.85. The van der Waals surface area contributed by atoms with Crippen LogP contribution in [0.3, 0.4) is 0 Å². The zero-order chi connectivity index (χ0) is 12.3. The van der Waals surface area contributed by atoms with Crippen molar-refractivity contribution < 1.29 is 0 Å². The number of aromatic nitrogens is 1. The van der Waals surface area contributed by atoms with Gasteiger partial charge in [0.05, 0.1) is 5.52 Å². The number of hydrogen-bond acceptors (Lipinski definition) is 3. The first-order valence-corrected chi connectivity index (χ1v) is 6.02. The lowest BCUT2D eigenvalue weighted by atomic mass is 10.0. The average Bonchev–Trinajstić information content (AvgIpc) is 2.35. The highest BCUT2D eigenvalue weighted by atomic mass is 15.0. The van der Waals surface area contributed by atoms with E-state index < -0.39 is 0 Å². The molecule has 3 heteroatoms. The second kappa shape index (κ2) is 5.25. The summed E-state index contributed by atoms with van der Waals surface area (Å²) in [6.07, 6.45) is 1.83. The molecule has 1 atom stereocenters. The summed E-state index contributed by atoms with van der Waals surface area (Å²) in [5.41, 5.74) is 8.07. The molecular formula is C14H19N3. The molecule has 1 aromatic heterocycles. The Morgan fingerprint density at radius 2 is 2.00 bits per heavy atom. The van der Waals surface area contributed by atoms with E-state index >= 15 is 0 Å². The summed E-state index contributed by atoms with van der Waals surface area (Å²) in [5, 5.41) is 4.63. The minimum Gasteiger partial charge on any atom is -0.329 e. The summed E-state index contributed by atoms with van der Waals surface area (Å²) in [4.78, 5) is 4.46. The first-order valence-electron chi connectivity index (χ1n) is 6.02. The molecule has 0 saturated heterocycles. The summed E-state index contributed by atoms with van der Waals surface area (Å²) in [6.45, 7) is 4.83. The van der Waals surface area contributed by atoms with E-state index in [1.807, 2.05) is 12.3 Å². The highest BCUT2D eigenvalue weighted by Crippen LogP contribution is 2.22. The molecule has 1 aromatic carbocycles. The van der Waals surface area contributed by atoms with Gasteiger partial charge in [0.2, 0.25) is 0 Å². The molecule has 1 unspecified atom stereocenters. The molecule has 0 amide bonds. The lowest BCUT2D eigenvalue weighted by Crippen LogP contribution is -2.33. The van der Waals surface area contributed by atoms with Crippen LogP contribution in [-0.4, -0.2) is 17.6 Å². The predicted molar refractivity (Wildman–Crippen MR) is 71.8 cm³/mol. The second-order valence-corrected chi connectivity index (χ2v) is 4.53. The van der Waals surface area contributed by atoms with Gasteiger partial charge in [-0.3, -0.25) is 4.98 Å². The van der Waals surface area contributed by atoms with Crippen LogP contribution < -0.4 is 11.1 Å². The van der Waals surface area contributed by atoms with E-state index in [-0.39, 0.29) is 6.04 Å². The molecule has 0 bridgehead atoms. The first kappa shape index (κ1) is 12.0. The molecule has 0 aliphatic carbocycles. The fraction of sp³-hybridized carbons (Fsp3) is 0.357. The third kappa shape index (κ3) is 2.62. The Hall–Kier alpha value is -1.45. The smallest absolute Gasteiger partial charge is 0.0750 e. The monoisotopic (exact) mass is 229 g/mol. The number of nitrogens with one attached hydrogen (secondary N) is 1. The lowest BCUT2D eigenvalue weighted by Gasteiger charge is -2.21. The summed E-state index contributed by atoms with van der Waals surface area (Å²) in [5.74, 6) is 0. The molecule has 0 aliphatic rings. The van der Waals surface area contributed by atoms with Crippen LogP contribution in [-0.2, 0) is 0 Å². The van der Waals surface area contributed by atoms with Gasteiger partial charge in [0, 0.05) is 30.2 Å². The quantitative estimate of drug-likeness (QED) is 0.845. The van der Waals surface area contributed by atoms with Gasteiger partial charge in [-0.25, -0.2) is 0 Å². The number of benzene rings is 1. The topological polar surface area (TPSA) is 50.9 Å². The molecule has 0 aliphatic heterocycles. The number of nitrogens with zero attached hydrogens (tertiary/aromatic N) is 1. The summed E-state index contributed by atoms with van der Waals surface area (Å²) >= 11 is 0. The van der Waals surface area contributed by atoms with Gasteiger partial charge in [0.25, 0.3) is 0 Å². The van der Waals surface area contributed by atoms with E-state index in [1.54, 1.807) is 0 Å². The maximum Gasteiger partial charge on any atom is 0.0750 e. The molecule has 0 fully saturated rings. The number of hydrogen-bond donors (Lipinski definition) is 2. The number of para-hydroxylation sites is 1. The second-order valence-electron chi connectivity index (χ2n) is 4.53. The van der Waals surface area contributed by atoms with E-state index in [0.29, 0.717) is 12.6 Å². The standard InChI is InChI=1S/C14H19N3/c1-10(2)17-13(9-15)12-7-3-5-11-6-4-8-16-14(11)12/h3-8,10,13,17H,9,15H2,1-2H3. The Kier molecular flexibility index (Phi) is 3.71. The van der Waals surface area contributed by atoms with Crippen LogP contribution in [0.5, 0.6) is 0 Å². The largest absolute Gasteiger partial charge is 0.329 e. The molecule has 90 valence electrons. The molecular weight excluding hydrogens is 210 g/mol. The van der Waals surface area contributed by atoms with Crippen LogP contribution in [0.15, 0.2) is 36.5 Å². The van der Waals surface area contributed by atoms with Gasteiger partial charge >= 0.3 is 0 Å². The number of nitrogens with two attached hydrogens (primary N) is 1. The van der Waals surface area contributed by atoms with E-state index in [0.717, 1.165) is 10.9 Å². The van der Waals surface area contributed by atoms with Crippen LogP contribution in [0.2, 0.25) is 0 Å². The summed E-state index contributed by atoms with van der Waals surface area (Å²) in [6, 6.07) is 10.8. The number of pyridine rings is 1. The SMILES string of the molecule is CC(C)NC(CN)c1cccc2cccnc12. The van der Waals surface area contributed by atoms with Crippen molar-refractivity contribution in [1.82, 2.24) is 10.3 Å². The Morgan fingerprint density at radius 3 is 2.71 bits per heavy atom. The third-order valence-electron chi connectivity index (χ3n) is 2.81. The zero-order valence-corrected chi connectivity index (χ0v) is 10.4. The Labute approximate surface area is 102 Å². The summed E-state index contributed by atoms with van der Waals surface area (Å²) < 4.78 is 0. The maximum atomic E-state index is 5.85. The minimum atomic E-state index is 0.161. The molecule has 0 spiro atoms. The van der Waals surface area contributed by atoms with E-state index in [9.17, 15) is 0 Å². The molecule has 0 radical (unpaired) electrons. The molecule has 3 N–H and O–H groups in total. The van der Waals surface area contributed by atoms with E-state index in [1.165, 1.54) is 5.56 Å². The van der Waals surface area contributed by atoms with Gasteiger partial charge in [-0.2, -0.15) is 0 Å². The molecule has 2 rings (SSSR count). The van der Waals surface area contributed by atoms with Crippen molar-refractivity contribution in [2.24, 2.45) is 5.73 Å². The van der Waals surface area contributed by atoms with Gasteiger partial charge in [0.15, 0.2) is 0 Å². The minimum absolute atomic E-state index is 0.161. The van der Waals surface area contributed by atoms with Gasteiger partial charge in [-0.15, -0.1) is 0 Å². The molecule has 3 nitrogen and oxygen atoms in total. The van der Waals surface area contributed by atoms with Crippen LogP contribution in [0.25, 0.3) is 10.9 Å². The third-order valence-corrected chi connectivity index (χ3v) is 2.81. The van der Waals surface area contributed by atoms with E-state index in [4.69, 9.17) is 5.73 Å². The molecule has 0 saturated carbocycles. The highest BCUT2D eigenvalue weighted by molar-refractivity contribution is 5.82. The lowest BCUT2D eigenvalue weighted by molar-refractivity contribution is 0.486. The predicted octanol–water partition coefficient (Wildman–Crippen LogP) is 2.23. The first-order chi connectivity index (χ1) is 8.22. The average molecular weight is 229 g/mol.